The molecule has 0 aromatic carbocycles. The maximum Gasteiger partial charge on any atom is 0.472 e. The minimum Gasteiger partial charge on any atom is -0.456 e. The molecule has 3 atom stereocenters. The summed E-state index contributed by atoms with van der Waals surface area (Å²) in [5.41, 5.74) is 0. The Labute approximate surface area is 449 Å². The fraction of sp³-hybridized carbons (Fsp3) is 0.714. The predicted octanol–water partition coefficient (Wildman–Crippen LogP) is 18.0. The highest BCUT2D eigenvalue weighted by molar-refractivity contribution is 7.47. The third-order valence-electron chi connectivity index (χ3n) is 12.5. The topological polar surface area (TPSA) is 111 Å². The molecule has 420 valence electrons. The first-order chi connectivity index (χ1) is 35.4. The highest BCUT2D eigenvalue weighted by Gasteiger charge is 2.30. The second-order valence-corrected chi connectivity index (χ2v) is 22.2. The van der Waals surface area contributed by atoms with E-state index in [1.165, 1.54) is 57.8 Å². The SMILES string of the molecule is CC/C=C\C/C=C\C/C=C\C/C=C\C/C=C\C/C=C\CCCCCCCCC(=O)NC(COP(=O)(O)OCC[N+](C)(C)C)C(/C=C\CCCCCCCCCCC)OC(=O)CCCCCCC/C=C\CCCC. The number of phosphoric acid groups is 1. The van der Waals surface area contributed by atoms with Crippen molar-refractivity contribution in [1.82, 2.24) is 5.32 Å². The summed E-state index contributed by atoms with van der Waals surface area (Å²) in [7, 11) is 1.47. The number of nitrogens with one attached hydrogen (secondary N) is 1. The summed E-state index contributed by atoms with van der Waals surface area (Å²) >= 11 is 0. The van der Waals surface area contributed by atoms with Gasteiger partial charge in [-0.2, -0.15) is 0 Å². The number of unbranched alkanes of at least 4 members (excludes halogenated alkanes) is 22. The fourth-order valence-corrected chi connectivity index (χ4v) is 8.66. The summed E-state index contributed by atoms with van der Waals surface area (Å²) in [5.74, 6) is -0.540. The summed E-state index contributed by atoms with van der Waals surface area (Å²) in [6.07, 6.45) is 69.8. The van der Waals surface area contributed by atoms with Gasteiger partial charge in [0, 0.05) is 12.8 Å². The minimum atomic E-state index is -4.45. The maximum atomic E-state index is 13.5. The third kappa shape index (κ3) is 53.6. The monoisotopic (exact) mass is 1040 g/mol. The van der Waals surface area contributed by atoms with E-state index in [-0.39, 0.29) is 31.5 Å². The van der Waals surface area contributed by atoms with Crippen LogP contribution in [0, 0.1) is 0 Å². The van der Waals surface area contributed by atoms with Crippen molar-refractivity contribution in [3.05, 3.63) is 97.2 Å². The van der Waals surface area contributed by atoms with E-state index in [4.69, 9.17) is 13.8 Å². The number of rotatable bonds is 52. The van der Waals surface area contributed by atoms with E-state index in [1.807, 2.05) is 33.3 Å². The Hall–Kier alpha value is -3.07. The number of nitrogens with zero attached hydrogens (tertiary/aromatic N) is 1. The van der Waals surface area contributed by atoms with E-state index in [9.17, 15) is 19.0 Å². The Morgan fingerprint density at radius 2 is 0.890 bits per heavy atom. The van der Waals surface area contributed by atoms with Gasteiger partial charge in [-0.1, -0.05) is 221 Å². The molecular weight excluding hydrogens is 928 g/mol. The first-order valence-corrected chi connectivity index (χ1v) is 31.1. The van der Waals surface area contributed by atoms with Gasteiger partial charge in [0.15, 0.2) is 0 Å². The molecule has 0 aromatic heterocycles. The van der Waals surface area contributed by atoms with E-state index in [0.717, 1.165) is 148 Å². The number of amides is 1. The van der Waals surface area contributed by atoms with E-state index in [1.54, 1.807) is 0 Å². The minimum absolute atomic E-state index is 0.0313. The summed E-state index contributed by atoms with van der Waals surface area (Å²) in [4.78, 5) is 37.5. The van der Waals surface area contributed by atoms with Crippen molar-refractivity contribution >= 4 is 19.7 Å². The smallest absolute Gasteiger partial charge is 0.456 e. The molecule has 0 aromatic rings. The number of quaternary nitrogens is 1. The Balaban J connectivity index is 5.18. The largest absolute Gasteiger partial charge is 0.472 e. The first kappa shape index (κ1) is 69.9. The van der Waals surface area contributed by atoms with Crippen LogP contribution in [0.4, 0.5) is 0 Å². The van der Waals surface area contributed by atoms with E-state index in [0.29, 0.717) is 17.4 Å². The van der Waals surface area contributed by atoms with Gasteiger partial charge < -0.3 is 19.4 Å². The molecule has 0 bridgehead atoms. The normalized spacial score (nSPS) is 14.5. The van der Waals surface area contributed by atoms with Gasteiger partial charge in [0.05, 0.1) is 33.8 Å². The van der Waals surface area contributed by atoms with Crippen LogP contribution in [0.3, 0.4) is 0 Å². The zero-order valence-corrected chi connectivity index (χ0v) is 48.7. The molecule has 10 heteroatoms. The zero-order chi connectivity index (χ0) is 53.6. The molecule has 0 radical (unpaired) electrons. The third-order valence-corrected chi connectivity index (χ3v) is 13.5. The van der Waals surface area contributed by atoms with Gasteiger partial charge in [-0.25, -0.2) is 4.57 Å². The number of hydrogen-bond acceptors (Lipinski definition) is 6. The highest BCUT2D eigenvalue weighted by Crippen LogP contribution is 2.43. The summed E-state index contributed by atoms with van der Waals surface area (Å²) < 4.78 is 30.6. The molecule has 1 amide bonds. The maximum absolute atomic E-state index is 13.5. The number of phosphoric ester groups is 1. The van der Waals surface area contributed by atoms with Crippen LogP contribution in [0.1, 0.15) is 239 Å². The van der Waals surface area contributed by atoms with Crippen LogP contribution >= 0.6 is 7.82 Å². The van der Waals surface area contributed by atoms with Crippen molar-refractivity contribution in [3.63, 3.8) is 0 Å². The summed E-state index contributed by atoms with van der Waals surface area (Å²) in [6.45, 7) is 6.82. The average Bonchev–Trinajstić information content (AvgIpc) is 3.35. The Kier molecular flexibility index (Phi) is 50.2. The quantitative estimate of drug-likeness (QED) is 0.0205. The number of ether oxygens (including phenoxy) is 1. The molecule has 0 aliphatic heterocycles. The van der Waals surface area contributed by atoms with Crippen molar-refractivity contribution in [1.29, 1.82) is 0 Å². The highest BCUT2D eigenvalue weighted by atomic mass is 31.2. The molecular formula is C63H112N2O7P+. The van der Waals surface area contributed by atoms with Gasteiger partial charge in [0.25, 0.3) is 0 Å². The second-order valence-electron chi connectivity index (χ2n) is 20.8. The predicted molar refractivity (Wildman–Crippen MR) is 314 cm³/mol. The molecule has 73 heavy (non-hydrogen) atoms. The number of likely N-dealkylation sites (N-methyl/N-ethyl adjacent to an activating group) is 1. The van der Waals surface area contributed by atoms with Gasteiger partial charge in [-0.15, -0.1) is 0 Å². The second kappa shape index (κ2) is 52.4. The van der Waals surface area contributed by atoms with Gasteiger partial charge in [-0.3, -0.25) is 18.6 Å². The van der Waals surface area contributed by atoms with Crippen LogP contribution in [-0.4, -0.2) is 74.3 Å². The van der Waals surface area contributed by atoms with E-state index < -0.39 is 20.0 Å². The molecule has 0 fully saturated rings. The average molecular weight is 1040 g/mol. The lowest BCUT2D eigenvalue weighted by atomic mass is 10.1. The first-order valence-electron chi connectivity index (χ1n) is 29.6. The van der Waals surface area contributed by atoms with Crippen molar-refractivity contribution in [2.45, 2.75) is 251 Å². The summed E-state index contributed by atoms with van der Waals surface area (Å²) in [6, 6.07) is -0.863. The van der Waals surface area contributed by atoms with Crippen LogP contribution in [0.5, 0.6) is 0 Å². The molecule has 9 nitrogen and oxygen atoms in total. The molecule has 3 unspecified atom stereocenters. The van der Waals surface area contributed by atoms with Crippen LogP contribution in [0.2, 0.25) is 0 Å². The van der Waals surface area contributed by atoms with Gasteiger partial charge in [-0.05, 0) is 102 Å². The van der Waals surface area contributed by atoms with Gasteiger partial charge in [0.2, 0.25) is 5.91 Å². The lowest BCUT2D eigenvalue weighted by Crippen LogP contribution is -2.47. The lowest BCUT2D eigenvalue weighted by molar-refractivity contribution is -0.870. The van der Waals surface area contributed by atoms with Crippen molar-refractivity contribution in [2.75, 3.05) is 40.9 Å². The number of carbonyl (C=O) groups is 2. The van der Waals surface area contributed by atoms with Crippen molar-refractivity contribution in [2.24, 2.45) is 0 Å². The molecule has 0 saturated heterocycles. The van der Waals surface area contributed by atoms with E-state index >= 15 is 0 Å². The van der Waals surface area contributed by atoms with Crippen LogP contribution in [-0.2, 0) is 27.9 Å². The standard InChI is InChI=1S/C63H111N2O7P/c1-7-10-13-16-19-22-25-26-27-28-29-30-31-32-33-34-35-36-37-38-41-43-46-49-52-55-62(66)64-60(59-71-73(68,69)70-58-57-65(4,5)6)61(54-51-48-45-42-39-23-20-17-14-11-8-2)72-63(67)56-53-50-47-44-40-24-21-18-15-12-9-3/h10,13,18-19,21-22,26-27,29-30,32-33,35-36,51,54,60-61H,7-9,11-12,14-17,20,23-25,28,31,34,37-50,52-53,55-59H2,1-6H3,(H-,64,66,68,69)/p+1/b13-10-,21-18-,22-19-,27-26-,30-29-,33-32-,36-35-,54-51-. The molecule has 0 spiro atoms. The van der Waals surface area contributed by atoms with Crippen LogP contribution in [0.15, 0.2) is 97.2 Å². The van der Waals surface area contributed by atoms with Crippen LogP contribution < -0.4 is 5.32 Å². The Bertz CT molecular complexity index is 1570. The number of carbonyl (C=O) groups excluding carboxylic acids is 2. The molecule has 0 rings (SSSR count). The fourth-order valence-electron chi connectivity index (χ4n) is 7.92. The van der Waals surface area contributed by atoms with Gasteiger partial charge >= 0.3 is 13.8 Å². The Morgan fingerprint density at radius 3 is 1.37 bits per heavy atom. The van der Waals surface area contributed by atoms with Gasteiger partial charge in [0.1, 0.15) is 19.3 Å². The molecule has 0 aliphatic carbocycles. The molecule has 2 N–H and O–H groups in total. The zero-order valence-electron chi connectivity index (χ0n) is 47.8. The van der Waals surface area contributed by atoms with E-state index in [2.05, 4.69) is 111 Å². The number of hydrogen-bond donors (Lipinski definition) is 2. The number of esters is 1. The molecule has 0 aliphatic rings. The van der Waals surface area contributed by atoms with Crippen molar-refractivity contribution in [3.8, 4) is 0 Å². The number of allylic oxidation sites excluding steroid dienone is 15. The summed E-state index contributed by atoms with van der Waals surface area (Å²) in [5, 5.41) is 3.03. The van der Waals surface area contributed by atoms with Crippen molar-refractivity contribution < 1.29 is 37.3 Å². The lowest BCUT2D eigenvalue weighted by Gasteiger charge is -2.27. The van der Waals surface area contributed by atoms with Crippen LogP contribution in [0.25, 0.3) is 0 Å². The molecule has 0 heterocycles. The Morgan fingerprint density at radius 1 is 0.493 bits per heavy atom. The molecule has 0 saturated carbocycles.